The first kappa shape index (κ1) is 22.1. The molecule has 4 nitrogen and oxygen atoms in total. The Morgan fingerprint density at radius 1 is 1.10 bits per heavy atom. The van der Waals surface area contributed by atoms with Gasteiger partial charge in [-0.3, -0.25) is 0 Å². The number of ether oxygens (including phenoxy) is 1. The minimum Gasteiger partial charge on any atom is -0.445 e. The van der Waals surface area contributed by atoms with Gasteiger partial charge in [0.2, 0.25) is 0 Å². The van der Waals surface area contributed by atoms with Crippen molar-refractivity contribution < 1.29 is 13.9 Å². The minimum absolute atomic E-state index is 0.0120. The summed E-state index contributed by atoms with van der Waals surface area (Å²) in [7, 11) is 0. The Bertz CT molecular complexity index is 1040. The van der Waals surface area contributed by atoms with Crippen molar-refractivity contribution in [1.29, 1.82) is 0 Å². The van der Waals surface area contributed by atoms with Crippen LogP contribution in [0.2, 0.25) is 10.2 Å². The summed E-state index contributed by atoms with van der Waals surface area (Å²) in [6, 6.07) is 17.4. The second kappa shape index (κ2) is 9.45. The summed E-state index contributed by atoms with van der Waals surface area (Å²) in [5, 5.41) is 3.10. The number of halogens is 3. The Hall–Kier alpha value is -2.63. The van der Waals surface area contributed by atoms with Crippen molar-refractivity contribution in [1.82, 2.24) is 10.3 Å². The fourth-order valence-electron chi connectivity index (χ4n) is 2.86. The van der Waals surface area contributed by atoms with Gasteiger partial charge in [-0.05, 0) is 41.5 Å². The maximum Gasteiger partial charge on any atom is 0.407 e. The highest BCUT2D eigenvalue weighted by Crippen LogP contribution is 2.30. The Morgan fingerprint density at radius 2 is 1.83 bits per heavy atom. The zero-order valence-electron chi connectivity index (χ0n) is 16.6. The Balaban J connectivity index is 1.69. The van der Waals surface area contributed by atoms with Gasteiger partial charge in [-0.15, -0.1) is 0 Å². The van der Waals surface area contributed by atoms with Crippen LogP contribution in [-0.2, 0) is 16.8 Å². The first-order valence-corrected chi connectivity index (χ1v) is 10.1. The lowest BCUT2D eigenvalue weighted by molar-refractivity contribution is 0.137. The van der Waals surface area contributed by atoms with Gasteiger partial charge in [-0.1, -0.05) is 67.4 Å². The Labute approximate surface area is 185 Å². The van der Waals surface area contributed by atoms with Crippen LogP contribution in [0.25, 0.3) is 11.3 Å². The Morgan fingerprint density at radius 3 is 2.53 bits per heavy atom. The van der Waals surface area contributed by atoms with Crippen LogP contribution in [0.3, 0.4) is 0 Å². The van der Waals surface area contributed by atoms with Gasteiger partial charge in [-0.2, -0.15) is 0 Å². The number of hydrogen-bond donors (Lipinski definition) is 1. The van der Waals surface area contributed by atoms with Crippen molar-refractivity contribution in [2.75, 3.05) is 6.54 Å². The minimum atomic E-state index is -0.502. The lowest BCUT2D eigenvalue weighted by Crippen LogP contribution is -2.37. The molecular weight excluding hydrogens is 426 g/mol. The van der Waals surface area contributed by atoms with E-state index in [4.69, 9.17) is 27.9 Å². The van der Waals surface area contributed by atoms with Gasteiger partial charge in [0, 0.05) is 17.5 Å². The summed E-state index contributed by atoms with van der Waals surface area (Å²) in [5.41, 5.74) is 2.53. The zero-order valence-corrected chi connectivity index (χ0v) is 18.1. The average molecular weight is 447 g/mol. The van der Waals surface area contributed by atoms with Gasteiger partial charge < -0.3 is 10.1 Å². The SMILES string of the molecule is CC(C)(CNC(=O)OCc1ccccc1)c1cc(Cl)nc(-c2ccc(F)c(Cl)c2)c1. The van der Waals surface area contributed by atoms with E-state index in [0.717, 1.165) is 11.1 Å². The van der Waals surface area contributed by atoms with E-state index >= 15 is 0 Å². The highest BCUT2D eigenvalue weighted by molar-refractivity contribution is 6.31. The van der Waals surface area contributed by atoms with Crippen LogP contribution in [0.4, 0.5) is 9.18 Å². The molecule has 1 aromatic heterocycles. The number of hydrogen-bond acceptors (Lipinski definition) is 3. The van der Waals surface area contributed by atoms with Crippen LogP contribution in [-0.4, -0.2) is 17.6 Å². The number of carbonyl (C=O) groups is 1. The van der Waals surface area contributed by atoms with Crippen molar-refractivity contribution >= 4 is 29.3 Å². The van der Waals surface area contributed by atoms with Crippen LogP contribution in [0.5, 0.6) is 0 Å². The van der Waals surface area contributed by atoms with E-state index in [1.54, 1.807) is 12.1 Å². The fourth-order valence-corrected chi connectivity index (χ4v) is 3.25. The topological polar surface area (TPSA) is 51.2 Å². The standard InChI is InChI=1S/C23H21Cl2FN2O2/c1-23(2,14-27-22(29)30-13-15-6-4-3-5-7-15)17-11-20(28-21(25)12-17)16-8-9-19(26)18(24)10-16/h3-12H,13-14H2,1-2H3,(H,27,29). The van der Waals surface area contributed by atoms with E-state index in [1.807, 2.05) is 50.2 Å². The summed E-state index contributed by atoms with van der Waals surface area (Å²) >= 11 is 12.1. The van der Waals surface area contributed by atoms with Gasteiger partial charge in [0.1, 0.15) is 17.6 Å². The molecule has 0 bridgehead atoms. The number of benzene rings is 2. The highest BCUT2D eigenvalue weighted by atomic mass is 35.5. The number of aromatic nitrogens is 1. The molecule has 1 heterocycles. The molecule has 3 rings (SSSR count). The summed E-state index contributed by atoms with van der Waals surface area (Å²) in [6.45, 7) is 4.46. The lowest BCUT2D eigenvalue weighted by Gasteiger charge is -2.26. The number of carbonyl (C=O) groups excluding carboxylic acids is 1. The van der Waals surface area contributed by atoms with Crippen LogP contribution in [0.1, 0.15) is 25.0 Å². The number of rotatable bonds is 6. The number of amides is 1. The molecular formula is C23H21Cl2FN2O2. The third-order valence-electron chi connectivity index (χ3n) is 4.68. The molecule has 0 aliphatic rings. The normalized spacial score (nSPS) is 11.2. The number of nitrogens with one attached hydrogen (secondary N) is 1. The van der Waals surface area contributed by atoms with E-state index in [1.165, 1.54) is 12.1 Å². The highest BCUT2D eigenvalue weighted by Gasteiger charge is 2.24. The molecule has 0 unspecified atom stereocenters. The molecule has 0 spiro atoms. The molecule has 1 N–H and O–H groups in total. The zero-order chi connectivity index (χ0) is 21.7. The molecule has 0 saturated carbocycles. The number of pyridine rings is 1. The van der Waals surface area contributed by atoms with Crippen LogP contribution < -0.4 is 5.32 Å². The van der Waals surface area contributed by atoms with Crippen molar-refractivity contribution in [3.05, 3.63) is 87.8 Å². The van der Waals surface area contributed by atoms with Crippen molar-refractivity contribution in [2.24, 2.45) is 0 Å². The fraction of sp³-hybridized carbons (Fsp3) is 0.217. The maximum absolute atomic E-state index is 13.5. The number of alkyl carbamates (subject to hydrolysis) is 1. The maximum atomic E-state index is 13.5. The van der Waals surface area contributed by atoms with Gasteiger partial charge in [0.15, 0.2) is 0 Å². The number of nitrogens with zero attached hydrogens (tertiary/aromatic N) is 1. The van der Waals surface area contributed by atoms with E-state index < -0.39 is 17.3 Å². The molecule has 0 saturated heterocycles. The van der Waals surface area contributed by atoms with Crippen LogP contribution in [0.15, 0.2) is 60.7 Å². The first-order valence-electron chi connectivity index (χ1n) is 9.33. The quantitative estimate of drug-likeness (QED) is 0.445. The smallest absolute Gasteiger partial charge is 0.407 e. The first-order chi connectivity index (χ1) is 14.2. The molecule has 0 radical (unpaired) electrons. The summed E-state index contributed by atoms with van der Waals surface area (Å²) < 4.78 is 18.7. The third-order valence-corrected chi connectivity index (χ3v) is 5.16. The monoisotopic (exact) mass is 446 g/mol. The summed E-state index contributed by atoms with van der Waals surface area (Å²) in [5.74, 6) is -0.499. The van der Waals surface area contributed by atoms with Crippen LogP contribution >= 0.6 is 23.2 Å². The molecule has 156 valence electrons. The molecule has 2 aromatic carbocycles. The molecule has 1 amide bonds. The molecule has 0 atom stereocenters. The van der Waals surface area contributed by atoms with Gasteiger partial charge in [0.05, 0.1) is 10.7 Å². The molecule has 30 heavy (non-hydrogen) atoms. The average Bonchev–Trinajstić information content (AvgIpc) is 2.73. The van der Waals surface area contributed by atoms with Gasteiger partial charge >= 0.3 is 6.09 Å². The second-order valence-corrected chi connectivity index (χ2v) is 8.29. The van der Waals surface area contributed by atoms with Crippen molar-refractivity contribution in [2.45, 2.75) is 25.9 Å². The largest absolute Gasteiger partial charge is 0.445 e. The predicted molar refractivity (Wildman–Crippen MR) is 117 cm³/mol. The van der Waals surface area contributed by atoms with Crippen molar-refractivity contribution in [3.8, 4) is 11.3 Å². The summed E-state index contributed by atoms with van der Waals surface area (Å²) in [4.78, 5) is 16.4. The predicted octanol–water partition coefficient (Wildman–Crippen LogP) is 6.40. The van der Waals surface area contributed by atoms with Gasteiger partial charge in [0.25, 0.3) is 0 Å². The molecule has 3 aromatic rings. The molecule has 0 aliphatic carbocycles. The Kier molecular flexibility index (Phi) is 6.95. The van der Waals surface area contributed by atoms with E-state index in [9.17, 15) is 9.18 Å². The van der Waals surface area contributed by atoms with E-state index in [0.29, 0.717) is 23.0 Å². The van der Waals surface area contributed by atoms with E-state index in [2.05, 4.69) is 10.3 Å². The van der Waals surface area contributed by atoms with E-state index in [-0.39, 0.29) is 11.6 Å². The third kappa shape index (κ3) is 5.71. The lowest BCUT2D eigenvalue weighted by atomic mass is 9.84. The molecule has 7 heteroatoms. The van der Waals surface area contributed by atoms with Crippen LogP contribution in [0, 0.1) is 5.82 Å². The molecule has 0 aliphatic heterocycles. The summed E-state index contributed by atoms with van der Waals surface area (Å²) in [6.07, 6.45) is -0.502. The molecule has 0 fully saturated rings. The second-order valence-electron chi connectivity index (χ2n) is 7.49. The van der Waals surface area contributed by atoms with Crippen molar-refractivity contribution in [3.63, 3.8) is 0 Å². The van der Waals surface area contributed by atoms with Gasteiger partial charge in [-0.25, -0.2) is 14.2 Å².